The van der Waals surface area contributed by atoms with E-state index in [1.165, 1.54) is 0 Å². The second-order valence-electron chi connectivity index (χ2n) is 2.80. The van der Waals surface area contributed by atoms with Crippen LogP contribution in [0.1, 0.15) is 5.69 Å². The molecule has 1 N–H and O–H groups in total. The van der Waals surface area contributed by atoms with Gasteiger partial charge in [-0.25, -0.2) is 0 Å². The minimum atomic E-state index is 0.572. The quantitative estimate of drug-likeness (QED) is 0.690. The lowest BCUT2D eigenvalue weighted by Crippen LogP contribution is -2.01. The summed E-state index contributed by atoms with van der Waals surface area (Å²) < 4.78 is 4.11. The average Bonchev–Trinajstić information content (AvgIpc) is 2.58. The molecule has 0 aliphatic heterocycles. The van der Waals surface area contributed by atoms with Crippen molar-refractivity contribution in [1.29, 1.82) is 0 Å². The maximum atomic E-state index is 5.04. The first-order valence-corrected chi connectivity index (χ1v) is 4.22. The fraction of sp³-hybridized carbons (Fsp3) is 0.286. The van der Waals surface area contributed by atoms with Crippen LogP contribution in [0, 0.1) is 11.7 Å². The van der Waals surface area contributed by atoms with Gasteiger partial charge >= 0.3 is 0 Å². The molecule has 0 saturated carbocycles. The maximum Gasteiger partial charge on any atom is 0.200 e. The van der Waals surface area contributed by atoms with Crippen LogP contribution in [0.3, 0.4) is 0 Å². The van der Waals surface area contributed by atoms with Crippen molar-refractivity contribution in [2.75, 3.05) is 0 Å². The molecule has 0 unspecified atom stereocenters. The van der Waals surface area contributed by atoms with Crippen LogP contribution in [0.5, 0.6) is 0 Å². The van der Waals surface area contributed by atoms with Gasteiger partial charge < -0.3 is 0 Å². The topological polar surface area (TPSA) is 51.4 Å². The van der Waals surface area contributed by atoms with Gasteiger partial charge in [-0.15, -0.1) is 0 Å². The van der Waals surface area contributed by atoms with Crippen molar-refractivity contribution in [3.05, 3.63) is 22.9 Å². The van der Waals surface area contributed by atoms with Crippen molar-refractivity contribution in [2.45, 2.75) is 6.92 Å². The molecule has 0 aliphatic rings. The van der Waals surface area contributed by atoms with Crippen molar-refractivity contribution in [2.24, 2.45) is 7.05 Å². The number of aryl methyl sites for hydroxylation is 2. The van der Waals surface area contributed by atoms with E-state index < -0.39 is 0 Å². The summed E-state index contributed by atoms with van der Waals surface area (Å²) in [5.74, 6) is 0.913. The Morgan fingerprint density at radius 3 is 2.77 bits per heavy atom. The number of H-pyrrole nitrogens is 1. The van der Waals surface area contributed by atoms with E-state index in [9.17, 15) is 0 Å². The summed E-state index contributed by atoms with van der Waals surface area (Å²) in [7, 11) is 1.87. The normalized spacial score (nSPS) is 10.6. The molecule has 5 nitrogen and oxygen atoms in total. The monoisotopic (exact) mass is 195 g/mol. The molecule has 2 aromatic rings. The molecular weight excluding hydrogens is 186 g/mol. The van der Waals surface area contributed by atoms with E-state index in [0.29, 0.717) is 4.77 Å². The van der Waals surface area contributed by atoms with E-state index in [0.717, 1.165) is 11.5 Å². The predicted molar refractivity (Wildman–Crippen MR) is 50.3 cm³/mol. The van der Waals surface area contributed by atoms with Crippen molar-refractivity contribution in [3.8, 4) is 5.82 Å². The number of hydrogen-bond acceptors (Lipinski definition) is 3. The highest BCUT2D eigenvalue weighted by molar-refractivity contribution is 7.71. The zero-order valence-corrected chi connectivity index (χ0v) is 8.17. The van der Waals surface area contributed by atoms with Gasteiger partial charge in [0.05, 0.1) is 5.69 Å². The molecule has 0 aliphatic carbocycles. The largest absolute Gasteiger partial charge is 0.258 e. The number of aromatic amines is 1. The summed E-state index contributed by atoms with van der Waals surface area (Å²) in [6.07, 6.45) is 1.64. The Bertz CT molecular complexity index is 477. The van der Waals surface area contributed by atoms with Gasteiger partial charge in [-0.3, -0.25) is 14.3 Å². The third kappa shape index (κ3) is 1.29. The first-order valence-electron chi connectivity index (χ1n) is 3.81. The highest BCUT2D eigenvalue weighted by Gasteiger charge is 2.04. The van der Waals surface area contributed by atoms with Gasteiger partial charge in [0, 0.05) is 13.1 Å². The van der Waals surface area contributed by atoms with Crippen LogP contribution < -0.4 is 0 Å². The third-order valence-corrected chi connectivity index (χ3v) is 2.06. The van der Waals surface area contributed by atoms with Gasteiger partial charge in [0.1, 0.15) is 12.1 Å². The molecule has 68 valence electrons. The van der Waals surface area contributed by atoms with Crippen molar-refractivity contribution < 1.29 is 0 Å². The third-order valence-electron chi connectivity index (χ3n) is 1.78. The van der Waals surface area contributed by atoms with Crippen LogP contribution in [0.4, 0.5) is 0 Å². The lowest BCUT2D eigenvalue weighted by molar-refractivity contribution is 0.719. The predicted octanol–water partition coefficient (Wildman–Crippen LogP) is 0.972. The molecular formula is C7H9N5S. The Labute approximate surface area is 80.0 Å². The fourth-order valence-corrected chi connectivity index (χ4v) is 1.43. The number of aromatic nitrogens is 5. The molecule has 0 atom stereocenters. The Kier molecular flexibility index (Phi) is 1.77. The summed E-state index contributed by atoms with van der Waals surface area (Å²) in [4.78, 5) is 0. The first kappa shape index (κ1) is 8.18. The number of hydrogen-bond donors (Lipinski definition) is 1. The first-order chi connectivity index (χ1) is 6.18. The molecule has 0 fully saturated rings. The van der Waals surface area contributed by atoms with Crippen molar-refractivity contribution in [1.82, 2.24) is 24.5 Å². The lowest BCUT2D eigenvalue weighted by Gasteiger charge is -1.99. The molecule has 0 spiro atoms. The number of rotatable bonds is 1. The molecule has 0 aromatic carbocycles. The van der Waals surface area contributed by atoms with Crippen molar-refractivity contribution >= 4 is 12.2 Å². The van der Waals surface area contributed by atoms with Gasteiger partial charge in [-0.2, -0.15) is 10.2 Å². The Morgan fingerprint density at radius 2 is 2.31 bits per heavy atom. The van der Waals surface area contributed by atoms with E-state index in [1.54, 1.807) is 15.6 Å². The van der Waals surface area contributed by atoms with Gasteiger partial charge in [-0.1, -0.05) is 0 Å². The van der Waals surface area contributed by atoms with Crippen LogP contribution in [0.2, 0.25) is 0 Å². The van der Waals surface area contributed by atoms with Crippen LogP contribution in [0.15, 0.2) is 12.4 Å². The van der Waals surface area contributed by atoms with E-state index in [4.69, 9.17) is 12.2 Å². The highest BCUT2D eigenvalue weighted by Crippen LogP contribution is 2.07. The second kappa shape index (κ2) is 2.81. The Hall–Kier alpha value is -1.43. The van der Waals surface area contributed by atoms with E-state index in [2.05, 4.69) is 15.3 Å². The summed E-state index contributed by atoms with van der Waals surface area (Å²) >= 11 is 5.04. The molecule has 0 radical (unpaired) electrons. The van der Waals surface area contributed by atoms with Gasteiger partial charge in [0.2, 0.25) is 4.77 Å². The molecule has 0 amide bonds. The van der Waals surface area contributed by atoms with Crippen molar-refractivity contribution in [3.63, 3.8) is 0 Å². The average molecular weight is 195 g/mol. The molecule has 2 rings (SSSR count). The fourth-order valence-electron chi connectivity index (χ4n) is 1.23. The lowest BCUT2D eigenvalue weighted by atomic mass is 10.5. The van der Waals surface area contributed by atoms with E-state index in [-0.39, 0.29) is 0 Å². The Balaban J connectivity index is 2.65. The summed E-state index contributed by atoms with van der Waals surface area (Å²) in [6.45, 7) is 1.94. The standard InChI is InChI=1S/C7H9N5S/c1-5-3-6(11(2)10-5)12-4-8-9-7(12)13/h3-4H,1-2H3,(H,9,13). The van der Waals surface area contributed by atoms with Gasteiger partial charge in [0.15, 0.2) is 0 Å². The molecule has 2 heterocycles. The van der Waals surface area contributed by atoms with Crippen LogP contribution in [-0.4, -0.2) is 24.5 Å². The summed E-state index contributed by atoms with van der Waals surface area (Å²) in [6, 6.07) is 1.95. The smallest absolute Gasteiger partial charge is 0.200 e. The minimum absolute atomic E-state index is 0.572. The maximum absolute atomic E-state index is 5.04. The number of nitrogens with zero attached hydrogens (tertiary/aromatic N) is 4. The van der Waals surface area contributed by atoms with Crippen LogP contribution in [-0.2, 0) is 7.05 Å². The summed E-state index contributed by atoms with van der Waals surface area (Å²) in [5, 5.41) is 10.7. The van der Waals surface area contributed by atoms with Crippen LogP contribution in [0.25, 0.3) is 5.82 Å². The zero-order valence-electron chi connectivity index (χ0n) is 7.35. The van der Waals surface area contributed by atoms with Crippen LogP contribution >= 0.6 is 12.2 Å². The second-order valence-corrected chi connectivity index (χ2v) is 3.19. The highest BCUT2D eigenvalue weighted by atomic mass is 32.1. The SMILES string of the molecule is Cc1cc(-n2cn[nH]c2=S)n(C)n1. The molecule has 13 heavy (non-hydrogen) atoms. The number of nitrogens with one attached hydrogen (secondary N) is 1. The molecule has 0 bridgehead atoms. The molecule has 0 saturated heterocycles. The Morgan fingerprint density at radius 1 is 1.54 bits per heavy atom. The summed E-state index contributed by atoms with van der Waals surface area (Å²) in [5.41, 5.74) is 0.959. The molecule has 6 heteroatoms. The molecule has 2 aromatic heterocycles. The van der Waals surface area contributed by atoms with E-state index >= 15 is 0 Å². The van der Waals surface area contributed by atoms with Gasteiger partial charge in [0.25, 0.3) is 0 Å². The van der Waals surface area contributed by atoms with E-state index in [1.807, 2.05) is 20.0 Å². The zero-order chi connectivity index (χ0) is 9.42. The van der Waals surface area contributed by atoms with Gasteiger partial charge in [-0.05, 0) is 19.1 Å². The minimum Gasteiger partial charge on any atom is -0.258 e.